The van der Waals surface area contributed by atoms with Crippen molar-refractivity contribution in [2.75, 3.05) is 0 Å². The van der Waals surface area contributed by atoms with Crippen LogP contribution in [0.2, 0.25) is 10.0 Å². The monoisotopic (exact) mass is 316 g/mol. The van der Waals surface area contributed by atoms with E-state index in [2.05, 4.69) is 0 Å². The smallest absolute Gasteiger partial charge is 0.545 e. The Morgan fingerprint density at radius 1 is 1.15 bits per heavy atom. The quantitative estimate of drug-likeness (QED) is 0.762. The van der Waals surface area contributed by atoms with E-state index in [1.54, 1.807) is 24.3 Å². The number of hydrogen-bond acceptors (Lipinski definition) is 2. The number of benzene rings is 2. The largest absolute Gasteiger partial charge is 1.00 e. The molecular formula is C15H11Cl2NaO2. The molecule has 0 bridgehead atoms. The van der Waals surface area contributed by atoms with Gasteiger partial charge in [-0.25, -0.2) is 0 Å². The van der Waals surface area contributed by atoms with Crippen molar-refractivity contribution in [2.24, 2.45) is 0 Å². The Hall–Kier alpha value is -0.510. The van der Waals surface area contributed by atoms with Gasteiger partial charge in [0.1, 0.15) is 0 Å². The molecule has 0 heterocycles. The van der Waals surface area contributed by atoms with Gasteiger partial charge in [0.05, 0.1) is 5.97 Å². The average Bonchev–Trinajstić information content (AvgIpc) is 2.39. The Kier molecular flexibility index (Phi) is 6.56. The van der Waals surface area contributed by atoms with Crippen LogP contribution in [0.25, 0.3) is 0 Å². The topological polar surface area (TPSA) is 40.1 Å². The van der Waals surface area contributed by atoms with Crippen LogP contribution in [0.15, 0.2) is 36.4 Å². The number of aromatic carboxylic acids is 1. The summed E-state index contributed by atoms with van der Waals surface area (Å²) in [6.07, 6.45) is 0.365. The third-order valence-electron chi connectivity index (χ3n) is 2.98. The average molecular weight is 317 g/mol. The van der Waals surface area contributed by atoms with Crippen LogP contribution in [0.3, 0.4) is 0 Å². The molecule has 0 spiro atoms. The molecule has 0 atom stereocenters. The third-order valence-corrected chi connectivity index (χ3v) is 3.86. The van der Waals surface area contributed by atoms with Gasteiger partial charge in [0.25, 0.3) is 0 Å². The Labute approximate surface area is 150 Å². The second kappa shape index (κ2) is 7.48. The van der Waals surface area contributed by atoms with Crippen molar-refractivity contribution in [3.63, 3.8) is 0 Å². The van der Waals surface area contributed by atoms with Crippen LogP contribution in [0.1, 0.15) is 27.0 Å². The van der Waals surface area contributed by atoms with Gasteiger partial charge < -0.3 is 9.90 Å². The van der Waals surface area contributed by atoms with E-state index >= 15 is 0 Å². The molecule has 0 radical (unpaired) electrons. The first-order valence-electron chi connectivity index (χ1n) is 5.73. The second-order valence-electron chi connectivity index (χ2n) is 4.28. The van der Waals surface area contributed by atoms with Gasteiger partial charge in [-0.1, -0.05) is 53.5 Å². The number of halogens is 2. The Morgan fingerprint density at radius 2 is 1.80 bits per heavy atom. The van der Waals surface area contributed by atoms with Crippen LogP contribution in [-0.2, 0) is 6.42 Å². The van der Waals surface area contributed by atoms with Crippen LogP contribution in [0.5, 0.6) is 0 Å². The van der Waals surface area contributed by atoms with E-state index in [1.807, 2.05) is 13.0 Å². The number of hydrogen-bond donors (Lipinski definition) is 0. The molecule has 0 amide bonds. The van der Waals surface area contributed by atoms with E-state index in [0.29, 0.717) is 22.0 Å². The summed E-state index contributed by atoms with van der Waals surface area (Å²) in [5, 5.41) is 12.2. The summed E-state index contributed by atoms with van der Waals surface area (Å²) in [6.45, 7) is 1.88. The molecular weight excluding hydrogens is 306 g/mol. The fourth-order valence-corrected chi connectivity index (χ4v) is 2.45. The minimum atomic E-state index is -1.20. The first kappa shape index (κ1) is 17.5. The molecule has 20 heavy (non-hydrogen) atoms. The Balaban J connectivity index is 0.00000200. The molecule has 2 nitrogen and oxygen atoms in total. The number of carbonyl (C=O) groups excluding carboxylic acids is 1. The van der Waals surface area contributed by atoms with Crippen LogP contribution in [-0.4, -0.2) is 5.97 Å². The number of rotatable bonds is 3. The zero-order valence-corrected chi connectivity index (χ0v) is 14.8. The van der Waals surface area contributed by atoms with E-state index in [4.69, 9.17) is 23.2 Å². The summed E-state index contributed by atoms with van der Waals surface area (Å²) in [7, 11) is 0. The summed E-state index contributed by atoms with van der Waals surface area (Å²) >= 11 is 12.4. The van der Waals surface area contributed by atoms with Gasteiger partial charge in [-0.3, -0.25) is 0 Å². The van der Waals surface area contributed by atoms with E-state index in [0.717, 1.165) is 11.1 Å². The SMILES string of the molecule is Cc1ccc(Cl)c(Cc2ccccc2C(=O)[O-])c1Cl.[Na+]. The molecule has 0 saturated carbocycles. The molecule has 0 aliphatic rings. The first-order chi connectivity index (χ1) is 9.00. The summed E-state index contributed by atoms with van der Waals surface area (Å²) < 4.78 is 0. The third kappa shape index (κ3) is 3.78. The number of carboxylic acid groups (broad SMARTS) is 1. The predicted octanol–water partition coefficient (Wildman–Crippen LogP) is 0.260. The fraction of sp³-hybridized carbons (Fsp3) is 0.133. The number of carbonyl (C=O) groups is 1. The van der Waals surface area contributed by atoms with Crippen molar-refractivity contribution >= 4 is 29.2 Å². The summed E-state index contributed by atoms with van der Waals surface area (Å²) in [5.41, 5.74) is 2.44. The van der Waals surface area contributed by atoms with Crippen molar-refractivity contribution in [1.82, 2.24) is 0 Å². The normalized spacial score (nSPS) is 9.95. The van der Waals surface area contributed by atoms with Crippen molar-refractivity contribution in [3.05, 3.63) is 68.7 Å². The molecule has 2 aromatic carbocycles. The van der Waals surface area contributed by atoms with Crippen molar-refractivity contribution in [3.8, 4) is 0 Å². The molecule has 2 aromatic rings. The van der Waals surface area contributed by atoms with Crippen molar-refractivity contribution in [2.45, 2.75) is 13.3 Å². The van der Waals surface area contributed by atoms with Gasteiger partial charge in [0.15, 0.2) is 0 Å². The van der Waals surface area contributed by atoms with Gasteiger partial charge in [-0.2, -0.15) is 0 Å². The van der Waals surface area contributed by atoms with E-state index in [9.17, 15) is 9.90 Å². The zero-order chi connectivity index (χ0) is 14.0. The van der Waals surface area contributed by atoms with Crippen molar-refractivity contribution < 1.29 is 39.5 Å². The molecule has 0 saturated heterocycles. The molecule has 0 fully saturated rings. The van der Waals surface area contributed by atoms with E-state index in [1.165, 1.54) is 6.07 Å². The van der Waals surface area contributed by atoms with Crippen LogP contribution >= 0.6 is 23.2 Å². The molecule has 0 N–H and O–H groups in total. The Morgan fingerprint density at radius 3 is 2.45 bits per heavy atom. The van der Waals surface area contributed by atoms with E-state index < -0.39 is 5.97 Å². The minimum absolute atomic E-state index is 0. The Bertz CT molecular complexity index is 642. The summed E-state index contributed by atoms with van der Waals surface area (Å²) in [4.78, 5) is 11.1. The standard InChI is InChI=1S/C15H12Cl2O2.Na/c1-9-6-7-13(16)12(14(9)17)8-10-4-2-3-5-11(10)15(18)19;/h2-7H,8H2,1H3,(H,18,19);/q;+1/p-1. The second-order valence-corrected chi connectivity index (χ2v) is 5.06. The molecule has 98 valence electrons. The molecule has 2 rings (SSSR count). The van der Waals surface area contributed by atoms with Gasteiger partial charge in [0.2, 0.25) is 0 Å². The maximum atomic E-state index is 11.1. The zero-order valence-electron chi connectivity index (χ0n) is 11.2. The van der Waals surface area contributed by atoms with Crippen LogP contribution in [0, 0.1) is 6.92 Å². The maximum absolute atomic E-state index is 11.1. The van der Waals surface area contributed by atoms with Gasteiger partial charge in [0, 0.05) is 22.0 Å². The fourth-order valence-electron chi connectivity index (χ4n) is 1.94. The molecule has 5 heteroatoms. The summed E-state index contributed by atoms with van der Waals surface area (Å²) in [5.74, 6) is -1.20. The number of carboxylic acids is 1. The van der Waals surface area contributed by atoms with Gasteiger partial charge >= 0.3 is 29.6 Å². The number of aryl methyl sites for hydroxylation is 1. The van der Waals surface area contributed by atoms with Gasteiger partial charge in [-0.05, 0) is 29.7 Å². The molecule has 0 unspecified atom stereocenters. The van der Waals surface area contributed by atoms with Crippen LogP contribution in [0.4, 0.5) is 0 Å². The van der Waals surface area contributed by atoms with Crippen molar-refractivity contribution in [1.29, 1.82) is 0 Å². The predicted molar refractivity (Wildman–Crippen MR) is 74.8 cm³/mol. The van der Waals surface area contributed by atoms with E-state index in [-0.39, 0.29) is 35.1 Å². The molecule has 0 aliphatic heterocycles. The first-order valence-corrected chi connectivity index (χ1v) is 6.49. The molecule has 0 aromatic heterocycles. The minimum Gasteiger partial charge on any atom is -0.545 e. The maximum Gasteiger partial charge on any atom is 1.00 e. The van der Waals surface area contributed by atoms with Gasteiger partial charge in [-0.15, -0.1) is 0 Å². The molecule has 0 aliphatic carbocycles. The summed E-state index contributed by atoms with van der Waals surface area (Å²) in [6, 6.07) is 10.3. The van der Waals surface area contributed by atoms with Crippen LogP contribution < -0.4 is 34.7 Å².